The van der Waals surface area contributed by atoms with Crippen LogP contribution in [0.2, 0.25) is 0 Å². The average Bonchev–Trinajstić information content (AvgIpc) is 3.04. The van der Waals surface area contributed by atoms with Crippen molar-refractivity contribution in [3.8, 4) is 17.0 Å². The molecule has 1 aromatic heterocycles. The van der Waals surface area contributed by atoms with Gasteiger partial charge in [-0.2, -0.15) is 5.10 Å². The first kappa shape index (κ1) is 19.9. The van der Waals surface area contributed by atoms with Crippen LogP contribution in [0.4, 0.5) is 5.69 Å². The molecule has 0 atom stereocenters. The number of fused-ring (bicyclic) bond motifs is 2. The predicted octanol–water partition coefficient (Wildman–Crippen LogP) is 4.52. The smallest absolute Gasteiger partial charge is 0.119 e. The minimum atomic E-state index is 0. The Hall–Kier alpha value is -1.89. The number of halogens is 1. The molecule has 0 spiro atoms. The number of anilines is 1. The monoisotopic (exact) mass is 404 g/mol. The Bertz CT molecular complexity index is 968. The fourth-order valence-corrected chi connectivity index (χ4v) is 4.63. The van der Waals surface area contributed by atoms with E-state index in [1.807, 2.05) is 12.1 Å². The molecule has 0 saturated heterocycles. The van der Waals surface area contributed by atoms with Crippen LogP contribution in [0.15, 0.2) is 40.1 Å². The molecular weight excluding hydrogens is 380 g/mol. The van der Waals surface area contributed by atoms with Crippen LogP contribution in [0.1, 0.15) is 13.8 Å². The van der Waals surface area contributed by atoms with Crippen molar-refractivity contribution in [1.29, 1.82) is 0 Å². The van der Waals surface area contributed by atoms with Gasteiger partial charge in [0.2, 0.25) is 0 Å². The SMILES string of the molecule is CCN(CC)CCn1nc2c3c(c(N)ccc31)Sc1ccc(OC)cc1-2.Cl. The molecule has 2 heterocycles. The summed E-state index contributed by atoms with van der Waals surface area (Å²) >= 11 is 1.72. The molecule has 5 nitrogen and oxygen atoms in total. The van der Waals surface area contributed by atoms with E-state index in [1.54, 1.807) is 18.9 Å². The fraction of sp³-hybridized carbons (Fsp3) is 0.350. The summed E-state index contributed by atoms with van der Waals surface area (Å²) in [6.07, 6.45) is 0. The Morgan fingerprint density at radius 2 is 1.96 bits per heavy atom. The summed E-state index contributed by atoms with van der Waals surface area (Å²) in [5.41, 5.74) is 10.4. The molecule has 0 unspecified atom stereocenters. The number of ether oxygens (including phenoxy) is 1. The second-order valence-corrected chi connectivity index (χ2v) is 7.49. The number of likely N-dealkylation sites (N-methyl/N-ethyl adjacent to an activating group) is 1. The number of benzene rings is 2. The zero-order chi connectivity index (χ0) is 18.3. The van der Waals surface area contributed by atoms with Gasteiger partial charge in [0.15, 0.2) is 0 Å². The number of hydrogen-bond acceptors (Lipinski definition) is 5. The van der Waals surface area contributed by atoms with Crippen molar-refractivity contribution >= 4 is 40.8 Å². The molecule has 0 saturated carbocycles. The molecule has 3 aromatic rings. The first-order valence-electron chi connectivity index (χ1n) is 9.03. The third-order valence-electron chi connectivity index (χ3n) is 5.08. The molecule has 2 aromatic carbocycles. The Morgan fingerprint density at radius 1 is 1.19 bits per heavy atom. The molecule has 27 heavy (non-hydrogen) atoms. The van der Waals surface area contributed by atoms with E-state index < -0.39 is 0 Å². The Kier molecular flexibility index (Phi) is 5.89. The lowest BCUT2D eigenvalue weighted by Crippen LogP contribution is -2.27. The van der Waals surface area contributed by atoms with E-state index in [1.165, 1.54) is 4.90 Å². The Morgan fingerprint density at radius 3 is 2.67 bits per heavy atom. The summed E-state index contributed by atoms with van der Waals surface area (Å²) < 4.78 is 7.55. The molecule has 0 bridgehead atoms. The van der Waals surface area contributed by atoms with E-state index in [0.29, 0.717) is 0 Å². The van der Waals surface area contributed by atoms with Crippen LogP contribution in [0.25, 0.3) is 22.2 Å². The second kappa shape index (κ2) is 8.00. The van der Waals surface area contributed by atoms with Crippen molar-refractivity contribution in [3.63, 3.8) is 0 Å². The summed E-state index contributed by atoms with van der Waals surface area (Å²) in [7, 11) is 1.70. The molecule has 2 N–H and O–H groups in total. The standard InChI is InChI=1S/C20H24N4OS.ClH/c1-4-23(5-2)10-11-24-16-8-7-15(21)20-18(16)19(22-24)14-12-13(25-3)6-9-17(14)26-20;/h6-9,12H,4-5,10-11,21H2,1-3H3;1H. The predicted molar refractivity (Wildman–Crippen MR) is 115 cm³/mol. The van der Waals surface area contributed by atoms with Crippen molar-refractivity contribution in [2.75, 3.05) is 32.5 Å². The van der Waals surface area contributed by atoms with Gasteiger partial charge >= 0.3 is 0 Å². The summed E-state index contributed by atoms with van der Waals surface area (Å²) in [5, 5.41) is 6.15. The maximum atomic E-state index is 6.30. The van der Waals surface area contributed by atoms with Gasteiger partial charge in [-0.15, -0.1) is 12.4 Å². The molecule has 0 radical (unpaired) electrons. The van der Waals surface area contributed by atoms with E-state index in [9.17, 15) is 0 Å². The molecular formula is C20H25ClN4OS. The first-order valence-corrected chi connectivity index (χ1v) is 9.85. The third-order valence-corrected chi connectivity index (χ3v) is 6.30. The molecule has 0 fully saturated rings. The second-order valence-electron chi connectivity index (χ2n) is 6.44. The van der Waals surface area contributed by atoms with Gasteiger partial charge in [-0.25, -0.2) is 0 Å². The van der Waals surface area contributed by atoms with E-state index in [-0.39, 0.29) is 12.4 Å². The van der Waals surface area contributed by atoms with E-state index >= 15 is 0 Å². The van der Waals surface area contributed by atoms with Gasteiger partial charge in [-0.1, -0.05) is 25.6 Å². The quantitative estimate of drug-likeness (QED) is 0.479. The molecule has 1 aliphatic heterocycles. The van der Waals surface area contributed by atoms with Crippen molar-refractivity contribution in [2.45, 2.75) is 30.2 Å². The normalized spacial score (nSPS) is 12.1. The maximum absolute atomic E-state index is 6.30. The summed E-state index contributed by atoms with van der Waals surface area (Å²) in [5.74, 6) is 0.850. The number of aromatic nitrogens is 2. The number of nitrogens with two attached hydrogens (primary N) is 1. The number of nitrogens with zero attached hydrogens (tertiary/aromatic N) is 3. The van der Waals surface area contributed by atoms with Crippen molar-refractivity contribution in [2.24, 2.45) is 0 Å². The minimum Gasteiger partial charge on any atom is -0.497 e. The highest BCUT2D eigenvalue weighted by molar-refractivity contribution is 8.00. The highest BCUT2D eigenvalue weighted by Crippen LogP contribution is 2.50. The molecule has 4 rings (SSSR count). The van der Waals surface area contributed by atoms with Crippen LogP contribution < -0.4 is 10.5 Å². The average molecular weight is 405 g/mol. The van der Waals surface area contributed by atoms with Crippen LogP contribution in [0.3, 0.4) is 0 Å². The van der Waals surface area contributed by atoms with Gasteiger partial charge in [-0.05, 0) is 43.4 Å². The molecule has 7 heteroatoms. The topological polar surface area (TPSA) is 56.3 Å². The lowest BCUT2D eigenvalue weighted by molar-refractivity contribution is 0.287. The lowest BCUT2D eigenvalue weighted by Gasteiger charge is -2.18. The summed E-state index contributed by atoms with van der Waals surface area (Å²) in [6, 6.07) is 10.3. The highest BCUT2D eigenvalue weighted by Gasteiger charge is 2.26. The molecule has 144 valence electrons. The van der Waals surface area contributed by atoms with E-state index in [0.717, 1.165) is 64.7 Å². The van der Waals surface area contributed by atoms with Gasteiger partial charge in [0.1, 0.15) is 11.4 Å². The molecule has 0 aliphatic carbocycles. The summed E-state index contributed by atoms with van der Waals surface area (Å²) in [4.78, 5) is 4.70. The minimum absolute atomic E-state index is 0. The van der Waals surface area contributed by atoms with E-state index in [4.69, 9.17) is 15.6 Å². The van der Waals surface area contributed by atoms with Gasteiger partial charge in [-0.3, -0.25) is 4.68 Å². The van der Waals surface area contributed by atoms with Crippen molar-refractivity contribution < 1.29 is 4.74 Å². The number of rotatable bonds is 6. The van der Waals surface area contributed by atoms with Gasteiger partial charge < -0.3 is 15.4 Å². The van der Waals surface area contributed by atoms with Crippen molar-refractivity contribution in [3.05, 3.63) is 30.3 Å². The van der Waals surface area contributed by atoms with Crippen LogP contribution in [0, 0.1) is 0 Å². The molecule has 0 amide bonds. The summed E-state index contributed by atoms with van der Waals surface area (Å²) in [6.45, 7) is 8.35. The first-order chi connectivity index (χ1) is 12.7. The Balaban J connectivity index is 0.00000210. The zero-order valence-corrected chi connectivity index (χ0v) is 17.5. The highest BCUT2D eigenvalue weighted by atomic mass is 35.5. The van der Waals surface area contributed by atoms with Crippen LogP contribution in [0.5, 0.6) is 5.75 Å². The van der Waals surface area contributed by atoms with E-state index in [2.05, 4.69) is 41.6 Å². The fourth-order valence-electron chi connectivity index (χ4n) is 3.52. The number of hydrogen-bond donors (Lipinski definition) is 1. The maximum Gasteiger partial charge on any atom is 0.119 e. The number of nitrogen functional groups attached to an aromatic ring is 1. The van der Waals surface area contributed by atoms with Crippen LogP contribution in [-0.2, 0) is 6.54 Å². The molecule has 1 aliphatic rings. The Labute approximate surface area is 170 Å². The zero-order valence-electron chi connectivity index (χ0n) is 15.9. The number of methoxy groups -OCH3 is 1. The van der Waals surface area contributed by atoms with Gasteiger partial charge in [0.25, 0.3) is 0 Å². The van der Waals surface area contributed by atoms with Crippen molar-refractivity contribution in [1.82, 2.24) is 14.7 Å². The van der Waals surface area contributed by atoms with Crippen LogP contribution in [-0.4, -0.2) is 41.4 Å². The van der Waals surface area contributed by atoms with Gasteiger partial charge in [0.05, 0.1) is 19.2 Å². The largest absolute Gasteiger partial charge is 0.497 e. The third kappa shape index (κ3) is 3.37. The van der Waals surface area contributed by atoms with Crippen LogP contribution >= 0.6 is 24.2 Å². The lowest BCUT2D eigenvalue weighted by atomic mass is 10.1. The van der Waals surface area contributed by atoms with Gasteiger partial charge in [0, 0.05) is 33.0 Å².